The van der Waals surface area contributed by atoms with E-state index in [-0.39, 0.29) is 0 Å². The Balaban J connectivity index is 2.14. The second-order valence-electron chi connectivity index (χ2n) is 4.33. The smallest absolute Gasteiger partial charge is 0.140 e. The van der Waals surface area contributed by atoms with E-state index in [0.29, 0.717) is 23.1 Å². The maximum atomic E-state index is 6.07. The highest BCUT2D eigenvalue weighted by atomic mass is 35.5. The SMILES string of the molecule is Cc1ccc(OCc2nc(NN)ccc2Cl)c(C)c1. The highest BCUT2D eigenvalue weighted by Gasteiger charge is 2.06. The molecule has 2 aromatic rings. The Morgan fingerprint density at radius 2 is 2.05 bits per heavy atom. The predicted octanol–water partition coefficient (Wildman–Crippen LogP) is 3.22. The van der Waals surface area contributed by atoms with Gasteiger partial charge in [0.15, 0.2) is 0 Å². The molecule has 1 aromatic carbocycles. The average molecular weight is 278 g/mol. The van der Waals surface area contributed by atoms with Crippen molar-refractivity contribution in [1.29, 1.82) is 0 Å². The van der Waals surface area contributed by atoms with Crippen LogP contribution in [0.15, 0.2) is 30.3 Å². The number of aromatic nitrogens is 1. The summed E-state index contributed by atoms with van der Waals surface area (Å²) in [4.78, 5) is 4.26. The highest BCUT2D eigenvalue weighted by molar-refractivity contribution is 6.31. The van der Waals surface area contributed by atoms with E-state index in [2.05, 4.69) is 16.5 Å². The topological polar surface area (TPSA) is 60.2 Å². The first kappa shape index (κ1) is 13.6. The summed E-state index contributed by atoms with van der Waals surface area (Å²) in [6.45, 7) is 4.36. The second-order valence-corrected chi connectivity index (χ2v) is 4.73. The van der Waals surface area contributed by atoms with Crippen LogP contribution in [0.3, 0.4) is 0 Å². The third kappa shape index (κ3) is 3.36. The van der Waals surface area contributed by atoms with Crippen molar-refractivity contribution in [2.75, 3.05) is 5.43 Å². The number of nitrogens with two attached hydrogens (primary N) is 1. The van der Waals surface area contributed by atoms with Crippen LogP contribution in [-0.2, 0) is 6.61 Å². The van der Waals surface area contributed by atoms with Gasteiger partial charge in [0.25, 0.3) is 0 Å². The van der Waals surface area contributed by atoms with Crippen LogP contribution in [0.25, 0.3) is 0 Å². The van der Waals surface area contributed by atoms with E-state index in [1.165, 1.54) is 5.56 Å². The molecule has 0 aliphatic rings. The number of halogens is 1. The Labute approximate surface area is 117 Å². The Hall–Kier alpha value is -1.78. The molecule has 1 heterocycles. The Morgan fingerprint density at radius 1 is 1.26 bits per heavy atom. The summed E-state index contributed by atoms with van der Waals surface area (Å²) >= 11 is 6.07. The minimum absolute atomic E-state index is 0.304. The molecule has 19 heavy (non-hydrogen) atoms. The molecule has 0 atom stereocenters. The molecule has 0 fully saturated rings. The van der Waals surface area contributed by atoms with Crippen LogP contribution in [-0.4, -0.2) is 4.98 Å². The number of aryl methyl sites for hydroxylation is 2. The molecule has 0 unspecified atom stereocenters. The minimum Gasteiger partial charge on any atom is -0.487 e. The van der Waals surface area contributed by atoms with E-state index in [1.54, 1.807) is 12.1 Å². The molecule has 1 aromatic heterocycles. The van der Waals surface area contributed by atoms with Gasteiger partial charge in [-0.15, -0.1) is 0 Å². The summed E-state index contributed by atoms with van der Waals surface area (Å²) in [6, 6.07) is 9.48. The molecule has 0 amide bonds. The number of hydrogen-bond donors (Lipinski definition) is 2. The van der Waals surface area contributed by atoms with Crippen LogP contribution in [0, 0.1) is 13.8 Å². The third-order valence-electron chi connectivity index (χ3n) is 2.76. The van der Waals surface area contributed by atoms with Crippen LogP contribution in [0.2, 0.25) is 5.02 Å². The van der Waals surface area contributed by atoms with Crippen molar-refractivity contribution >= 4 is 17.4 Å². The average Bonchev–Trinajstić information content (AvgIpc) is 2.39. The zero-order chi connectivity index (χ0) is 13.8. The molecule has 0 aliphatic heterocycles. The number of hydrogen-bond acceptors (Lipinski definition) is 4. The van der Waals surface area contributed by atoms with E-state index < -0.39 is 0 Å². The summed E-state index contributed by atoms with van der Waals surface area (Å²) in [5.41, 5.74) is 5.43. The van der Waals surface area contributed by atoms with Crippen molar-refractivity contribution < 1.29 is 4.74 Å². The molecule has 0 radical (unpaired) electrons. The summed E-state index contributed by atoms with van der Waals surface area (Å²) in [5, 5.41) is 0.559. The third-order valence-corrected chi connectivity index (χ3v) is 3.11. The standard InChI is InChI=1S/C14H16ClN3O/c1-9-3-5-13(10(2)7-9)19-8-12-11(15)4-6-14(17-12)18-16/h3-7H,8,16H2,1-2H3,(H,17,18). The van der Waals surface area contributed by atoms with Gasteiger partial charge < -0.3 is 10.2 Å². The number of pyridine rings is 1. The van der Waals surface area contributed by atoms with Gasteiger partial charge in [-0.25, -0.2) is 10.8 Å². The first-order valence-corrected chi connectivity index (χ1v) is 6.30. The molecule has 100 valence electrons. The lowest BCUT2D eigenvalue weighted by atomic mass is 10.1. The highest BCUT2D eigenvalue weighted by Crippen LogP contribution is 2.22. The van der Waals surface area contributed by atoms with E-state index in [0.717, 1.165) is 11.3 Å². The van der Waals surface area contributed by atoms with Crippen LogP contribution in [0.4, 0.5) is 5.82 Å². The van der Waals surface area contributed by atoms with Crippen molar-refractivity contribution in [3.63, 3.8) is 0 Å². The first-order chi connectivity index (χ1) is 9.10. The van der Waals surface area contributed by atoms with E-state index in [4.69, 9.17) is 22.2 Å². The van der Waals surface area contributed by atoms with E-state index >= 15 is 0 Å². The van der Waals surface area contributed by atoms with Gasteiger partial charge in [0.2, 0.25) is 0 Å². The van der Waals surface area contributed by atoms with E-state index in [1.807, 2.05) is 26.0 Å². The number of ether oxygens (including phenoxy) is 1. The predicted molar refractivity (Wildman–Crippen MR) is 77.3 cm³/mol. The molecular weight excluding hydrogens is 262 g/mol. The number of anilines is 1. The molecule has 4 nitrogen and oxygen atoms in total. The first-order valence-electron chi connectivity index (χ1n) is 5.92. The van der Waals surface area contributed by atoms with Gasteiger partial charge in [-0.1, -0.05) is 29.3 Å². The molecular formula is C14H16ClN3O. The minimum atomic E-state index is 0.304. The Kier molecular flexibility index (Phi) is 4.24. The molecule has 5 heteroatoms. The van der Waals surface area contributed by atoms with Gasteiger partial charge in [-0.05, 0) is 37.6 Å². The quantitative estimate of drug-likeness (QED) is 0.665. The maximum Gasteiger partial charge on any atom is 0.140 e. The van der Waals surface area contributed by atoms with Crippen LogP contribution >= 0.6 is 11.6 Å². The number of benzene rings is 1. The normalized spacial score (nSPS) is 10.3. The number of nitrogens with one attached hydrogen (secondary N) is 1. The van der Waals surface area contributed by atoms with Crippen molar-refractivity contribution in [3.8, 4) is 5.75 Å². The summed E-state index contributed by atoms with van der Waals surface area (Å²) in [6.07, 6.45) is 0. The molecule has 0 spiro atoms. The molecule has 3 N–H and O–H groups in total. The largest absolute Gasteiger partial charge is 0.487 e. The molecule has 0 saturated carbocycles. The molecule has 0 saturated heterocycles. The van der Waals surface area contributed by atoms with Gasteiger partial charge in [0.05, 0.1) is 10.7 Å². The fraction of sp³-hybridized carbons (Fsp3) is 0.214. The number of hydrazine groups is 1. The van der Waals surface area contributed by atoms with Crippen LogP contribution < -0.4 is 16.0 Å². The lowest BCUT2D eigenvalue weighted by molar-refractivity contribution is 0.299. The van der Waals surface area contributed by atoms with Crippen molar-refractivity contribution in [2.45, 2.75) is 20.5 Å². The van der Waals surface area contributed by atoms with Crippen molar-refractivity contribution in [1.82, 2.24) is 4.98 Å². The lowest BCUT2D eigenvalue weighted by Gasteiger charge is -2.11. The summed E-state index contributed by atoms with van der Waals surface area (Å²) in [5.74, 6) is 6.71. The summed E-state index contributed by atoms with van der Waals surface area (Å²) in [7, 11) is 0. The molecule has 0 aliphatic carbocycles. The fourth-order valence-electron chi connectivity index (χ4n) is 1.77. The Bertz CT molecular complexity index is 587. The van der Waals surface area contributed by atoms with Gasteiger partial charge in [-0.3, -0.25) is 0 Å². The molecule has 2 rings (SSSR count). The number of rotatable bonds is 4. The van der Waals surface area contributed by atoms with Crippen LogP contribution in [0.5, 0.6) is 5.75 Å². The maximum absolute atomic E-state index is 6.07. The zero-order valence-electron chi connectivity index (χ0n) is 10.9. The van der Waals surface area contributed by atoms with Gasteiger partial charge in [0.1, 0.15) is 18.2 Å². The second kappa shape index (κ2) is 5.91. The van der Waals surface area contributed by atoms with Gasteiger partial charge in [0, 0.05) is 0 Å². The van der Waals surface area contributed by atoms with Crippen LogP contribution in [0.1, 0.15) is 16.8 Å². The fourth-order valence-corrected chi connectivity index (χ4v) is 1.93. The lowest BCUT2D eigenvalue weighted by Crippen LogP contribution is -2.10. The zero-order valence-corrected chi connectivity index (χ0v) is 11.7. The Morgan fingerprint density at radius 3 is 2.74 bits per heavy atom. The summed E-state index contributed by atoms with van der Waals surface area (Å²) < 4.78 is 5.74. The van der Waals surface area contributed by atoms with Crippen molar-refractivity contribution in [2.24, 2.45) is 5.84 Å². The number of nitrogen functional groups attached to an aromatic ring is 1. The van der Waals surface area contributed by atoms with E-state index in [9.17, 15) is 0 Å². The molecule has 0 bridgehead atoms. The monoisotopic (exact) mass is 277 g/mol. The van der Waals surface area contributed by atoms with Gasteiger partial charge >= 0.3 is 0 Å². The number of nitrogens with zero attached hydrogens (tertiary/aromatic N) is 1. The van der Waals surface area contributed by atoms with Crippen molar-refractivity contribution in [3.05, 3.63) is 52.2 Å². The van der Waals surface area contributed by atoms with Gasteiger partial charge in [-0.2, -0.15) is 0 Å².